The van der Waals surface area contributed by atoms with Crippen LogP contribution in [0.1, 0.15) is 68.3 Å². The predicted molar refractivity (Wildman–Crippen MR) is 159 cm³/mol. The first-order valence-corrected chi connectivity index (χ1v) is 16.2. The fraction of sp³-hybridized carbons (Fsp3) is 0.500. The molecule has 0 spiro atoms. The van der Waals surface area contributed by atoms with E-state index in [1.807, 2.05) is 6.92 Å². The molecule has 1 unspecified atom stereocenters. The van der Waals surface area contributed by atoms with Crippen molar-refractivity contribution >= 4 is 53.5 Å². The van der Waals surface area contributed by atoms with Gasteiger partial charge in [0.05, 0.1) is 17.4 Å². The zero-order valence-electron chi connectivity index (χ0n) is 22.7. The second-order valence-electron chi connectivity index (χ2n) is 11.4. The summed E-state index contributed by atoms with van der Waals surface area (Å²) in [6, 6.07) is 9.00. The monoisotopic (exact) mass is 682 g/mol. The Labute approximate surface area is 247 Å². The number of carbonyl (C=O) groups is 2. The Kier molecular flexibility index (Phi) is 8.97. The summed E-state index contributed by atoms with van der Waals surface area (Å²) in [5.41, 5.74) is 4.24. The lowest BCUT2D eigenvalue weighted by Gasteiger charge is -2.37. The molecule has 1 aliphatic heterocycles. The summed E-state index contributed by atoms with van der Waals surface area (Å²) >= 11 is 6.81. The molecule has 4 rings (SSSR count). The van der Waals surface area contributed by atoms with Crippen LogP contribution in [0.4, 0.5) is 0 Å². The van der Waals surface area contributed by atoms with E-state index in [-0.39, 0.29) is 29.6 Å². The zero-order chi connectivity index (χ0) is 28.6. The van der Waals surface area contributed by atoms with E-state index in [0.29, 0.717) is 8.95 Å². The van der Waals surface area contributed by atoms with Crippen molar-refractivity contribution in [3.8, 4) is 0 Å². The van der Waals surface area contributed by atoms with Gasteiger partial charge in [-0.2, -0.15) is 0 Å². The van der Waals surface area contributed by atoms with Crippen molar-refractivity contribution in [2.24, 2.45) is 0 Å². The first-order valence-electron chi connectivity index (χ1n) is 13.1. The van der Waals surface area contributed by atoms with Crippen LogP contribution >= 0.6 is 31.9 Å². The van der Waals surface area contributed by atoms with Gasteiger partial charge in [0.25, 0.3) is 5.91 Å². The van der Waals surface area contributed by atoms with Gasteiger partial charge in [0, 0.05) is 34.1 Å². The van der Waals surface area contributed by atoms with Crippen molar-refractivity contribution in [2.75, 3.05) is 13.1 Å². The average molecular weight is 684 g/mol. The number of benzene rings is 2. The smallest absolute Gasteiger partial charge is 0.257 e. The fourth-order valence-electron chi connectivity index (χ4n) is 5.06. The van der Waals surface area contributed by atoms with E-state index >= 15 is 0 Å². The van der Waals surface area contributed by atoms with Gasteiger partial charge >= 0.3 is 0 Å². The molecule has 0 bridgehead atoms. The summed E-state index contributed by atoms with van der Waals surface area (Å²) in [5.74, 6) is -1.22. The highest BCUT2D eigenvalue weighted by Crippen LogP contribution is 2.36. The number of carbonyl (C=O) groups excluding carboxylic acids is 2. The van der Waals surface area contributed by atoms with E-state index in [9.17, 15) is 18.0 Å². The van der Waals surface area contributed by atoms with Gasteiger partial charge in [0.2, 0.25) is 20.6 Å². The number of amides is 2. The van der Waals surface area contributed by atoms with Crippen molar-refractivity contribution < 1.29 is 18.0 Å². The lowest BCUT2D eigenvalue weighted by atomic mass is 9.86. The maximum atomic E-state index is 14.0. The molecule has 2 aromatic rings. The lowest BCUT2D eigenvalue weighted by Crippen LogP contribution is -2.68. The highest BCUT2D eigenvalue weighted by atomic mass is 79.9. The molecule has 1 fully saturated rings. The summed E-state index contributed by atoms with van der Waals surface area (Å²) in [6.07, 6.45) is 2.03. The molecule has 2 amide bonds. The van der Waals surface area contributed by atoms with Crippen LogP contribution in [0.15, 0.2) is 44.2 Å². The molecule has 212 valence electrons. The molecule has 8 nitrogen and oxygen atoms in total. The molecule has 4 N–H and O–H groups in total. The summed E-state index contributed by atoms with van der Waals surface area (Å²) in [5, 5.41) is 12.1. The number of sulfone groups is 1. The van der Waals surface area contributed by atoms with Crippen molar-refractivity contribution in [3.05, 3.63) is 61.5 Å². The third-order valence-corrected chi connectivity index (χ3v) is 11.2. The number of aryl methyl sites for hydroxylation is 1. The number of hydrogen-bond donors (Lipinski definition) is 4. The Bertz CT molecular complexity index is 1370. The molecule has 0 saturated carbocycles. The summed E-state index contributed by atoms with van der Waals surface area (Å²) < 4.78 is 29.1. The Morgan fingerprint density at radius 2 is 1.82 bits per heavy atom. The Balaban J connectivity index is 1.59. The number of rotatable bonds is 7. The molecule has 2 aliphatic rings. The van der Waals surface area contributed by atoms with Gasteiger partial charge in [-0.3, -0.25) is 14.9 Å². The van der Waals surface area contributed by atoms with Gasteiger partial charge in [-0.05, 0) is 81.3 Å². The Morgan fingerprint density at radius 1 is 1.13 bits per heavy atom. The Hall–Kier alpha value is -1.79. The molecule has 2 atom stereocenters. The highest BCUT2D eigenvalue weighted by molar-refractivity contribution is 9.11. The van der Waals surface area contributed by atoms with Crippen LogP contribution in [-0.4, -0.2) is 43.7 Å². The quantitative estimate of drug-likeness (QED) is 0.348. The molecule has 0 aromatic heterocycles. The molecular weight excluding hydrogens is 648 g/mol. The minimum Gasteiger partial charge on any atom is -0.352 e. The minimum atomic E-state index is -4.31. The van der Waals surface area contributed by atoms with Crippen molar-refractivity contribution in [1.82, 2.24) is 21.3 Å². The molecule has 11 heteroatoms. The van der Waals surface area contributed by atoms with Crippen LogP contribution < -0.4 is 21.3 Å². The summed E-state index contributed by atoms with van der Waals surface area (Å²) in [7, 11) is -4.31. The van der Waals surface area contributed by atoms with E-state index in [0.717, 1.165) is 36.9 Å². The van der Waals surface area contributed by atoms with Crippen LogP contribution in [-0.2, 0) is 32.4 Å². The lowest BCUT2D eigenvalue weighted by molar-refractivity contribution is -0.131. The molecule has 0 radical (unpaired) electrons. The molecule has 2 aromatic carbocycles. The van der Waals surface area contributed by atoms with Crippen LogP contribution in [0.5, 0.6) is 0 Å². The standard InChI is InChI=1S/C28H36Br2N4O4S/c1-17-22(29)13-20(14-23(17)30)39(37,38)28(26(36)31-10-11-32-28)15-25(35)34-24-7-5-6-19-12-18(8-9-21(19)24)16-33-27(2,3)4/h8-9,12-14,24,32-33H,5-7,10-11,15-16H2,1-4H3,(H,31,36)(H,34,35)/t24-,28?/m1/s1. The van der Waals surface area contributed by atoms with E-state index in [1.54, 1.807) is 0 Å². The SMILES string of the molecule is Cc1c(Br)cc(S(=O)(=O)C2(CC(=O)N[C@@H]3CCCc4cc(CNC(C)(C)C)ccc43)NCCNC2=O)cc1Br. The van der Waals surface area contributed by atoms with Crippen LogP contribution in [0, 0.1) is 6.92 Å². The van der Waals surface area contributed by atoms with Gasteiger partial charge in [0.15, 0.2) is 0 Å². The van der Waals surface area contributed by atoms with Gasteiger partial charge in [-0.15, -0.1) is 0 Å². The number of hydrogen-bond acceptors (Lipinski definition) is 6. The van der Waals surface area contributed by atoms with Crippen LogP contribution in [0.2, 0.25) is 0 Å². The van der Waals surface area contributed by atoms with E-state index < -0.39 is 32.9 Å². The second kappa shape index (κ2) is 11.6. The van der Waals surface area contributed by atoms with Crippen LogP contribution in [0.25, 0.3) is 0 Å². The normalized spacial score (nSPS) is 21.7. The fourth-order valence-corrected chi connectivity index (χ4v) is 8.43. The third-order valence-electron chi connectivity index (χ3n) is 7.30. The van der Waals surface area contributed by atoms with Crippen molar-refractivity contribution in [3.63, 3.8) is 0 Å². The van der Waals surface area contributed by atoms with E-state index in [4.69, 9.17) is 0 Å². The first-order chi connectivity index (χ1) is 18.2. The second-order valence-corrected chi connectivity index (χ2v) is 15.2. The Morgan fingerprint density at radius 3 is 2.46 bits per heavy atom. The van der Waals surface area contributed by atoms with Crippen LogP contribution in [0.3, 0.4) is 0 Å². The average Bonchev–Trinajstić information content (AvgIpc) is 2.86. The van der Waals surface area contributed by atoms with Gasteiger partial charge in [0.1, 0.15) is 0 Å². The zero-order valence-corrected chi connectivity index (χ0v) is 26.7. The number of halogens is 2. The maximum absolute atomic E-state index is 14.0. The summed E-state index contributed by atoms with van der Waals surface area (Å²) in [4.78, 5) is 24.5. The van der Waals surface area contributed by atoms with Gasteiger partial charge in [-0.1, -0.05) is 50.1 Å². The predicted octanol–water partition coefficient (Wildman–Crippen LogP) is 4.18. The van der Waals surface area contributed by atoms with E-state index in [2.05, 4.69) is 92.1 Å². The number of nitrogens with one attached hydrogen (secondary N) is 4. The third kappa shape index (κ3) is 6.43. The highest BCUT2D eigenvalue weighted by Gasteiger charge is 2.54. The largest absolute Gasteiger partial charge is 0.352 e. The summed E-state index contributed by atoms with van der Waals surface area (Å²) in [6.45, 7) is 9.47. The van der Waals surface area contributed by atoms with Gasteiger partial charge in [-0.25, -0.2) is 8.42 Å². The molecule has 1 heterocycles. The molecular formula is C28H36Br2N4O4S. The minimum absolute atomic E-state index is 0.00684. The van der Waals surface area contributed by atoms with Crippen molar-refractivity contribution in [1.29, 1.82) is 0 Å². The first kappa shape index (κ1) is 30.2. The number of fused-ring (bicyclic) bond motifs is 1. The molecule has 39 heavy (non-hydrogen) atoms. The van der Waals surface area contributed by atoms with Gasteiger partial charge < -0.3 is 16.0 Å². The maximum Gasteiger partial charge on any atom is 0.257 e. The van der Waals surface area contributed by atoms with E-state index in [1.165, 1.54) is 23.3 Å². The topological polar surface area (TPSA) is 116 Å². The number of piperazine rings is 1. The molecule has 1 aliphatic carbocycles. The molecule has 1 saturated heterocycles. The van der Waals surface area contributed by atoms with Crippen molar-refractivity contribution in [2.45, 2.75) is 81.3 Å².